The second-order valence-corrected chi connectivity index (χ2v) is 3.57. The van der Waals surface area contributed by atoms with Crippen LogP contribution in [-0.2, 0) is 4.74 Å². The van der Waals surface area contributed by atoms with E-state index in [2.05, 4.69) is 10.1 Å². The molecule has 0 unspecified atom stereocenters. The lowest BCUT2D eigenvalue weighted by Crippen LogP contribution is -2.11. The summed E-state index contributed by atoms with van der Waals surface area (Å²) in [6.45, 7) is 5.93. The molecule has 16 heavy (non-hydrogen) atoms. The van der Waals surface area contributed by atoms with E-state index < -0.39 is 5.97 Å². The molecule has 0 atom stereocenters. The number of carbonyl (C=O) groups is 1. The molecule has 0 bridgehead atoms. The smallest absolute Gasteiger partial charge is 0.376 e. The third kappa shape index (κ3) is 1.64. The van der Waals surface area contributed by atoms with E-state index in [9.17, 15) is 4.79 Å². The molecule has 0 amide bonds. The number of carbonyl (C=O) groups excluding carboxylic acids is 1. The van der Waals surface area contributed by atoms with E-state index >= 15 is 0 Å². The zero-order valence-electron chi connectivity index (χ0n) is 9.52. The van der Waals surface area contributed by atoms with E-state index in [4.69, 9.17) is 4.74 Å². The lowest BCUT2D eigenvalue weighted by Gasteiger charge is -2.03. The Kier molecular flexibility index (Phi) is 2.60. The quantitative estimate of drug-likeness (QED) is 0.718. The van der Waals surface area contributed by atoms with Crippen molar-refractivity contribution in [3.63, 3.8) is 0 Å². The number of nitrogens with zero attached hydrogens (tertiary/aromatic N) is 3. The monoisotopic (exact) mass is 219 g/mol. The summed E-state index contributed by atoms with van der Waals surface area (Å²) in [7, 11) is 0. The predicted octanol–water partition coefficient (Wildman–Crippen LogP) is 1.52. The Morgan fingerprint density at radius 3 is 2.94 bits per heavy atom. The second kappa shape index (κ2) is 3.92. The molecule has 84 valence electrons. The van der Waals surface area contributed by atoms with Gasteiger partial charge in [-0.15, -0.1) is 0 Å². The third-order valence-corrected chi connectivity index (χ3v) is 2.28. The lowest BCUT2D eigenvalue weighted by molar-refractivity contribution is 0.0509. The van der Waals surface area contributed by atoms with Crippen LogP contribution in [-0.4, -0.2) is 27.2 Å². The molecule has 0 N–H and O–H groups in total. The fourth-order valence-electron chi connectivity index (χ4n) is 1.62. The Bertz CT molecular complexity index is 545. The molecule has 5 nitrogen and oxygen atoms in total. The number of ether oxygens (including phenoxy) is 1. The van der Waals surface area contributed by atoms with Gasteiger partial charge in [-0.05, 0) is 32.4 Å². The van der Waals surface area contributed by atoms with Crippen LogP contribution in [0.5, 0.6) is 0 Å². The maximum atomic E-state index is 11.6. The largest absolute Gasteiger partial charge is 0.460 e. The number of fused-ring (bicyclic) bond motifs is 1. The van der Waals surface area contributed by atoms with E-state index in [-0.39, 0.29) is 5.82 Å². The summed E-state index contributed by atoms with van der Waals surface area (Å²) in [4.78, 5) is 15.6. The van der Waals surface area contributed by atoms with E-state index in [1.54, 1.807) is 13.1 Å². The third-order valence-electron chi connectivity index (χ3n) is 2.28. The molecule has 5 heteroatoms. The molecule has 0 aliphatic carbocycles. The molecule has 2 aromatic rings. The fraction of sp³-hybridized carbons (Fsp3) is 0.364. The summed E-state index contributed by atoms with van der Waals surface area (Å²) < 4.78 is 6.44. The maximum absolute atomic E-state index is 11.6. The minimum atomic E-state index is -0.444. The van der Waals surface area contributed by atoms with Gasteiger partial charge in [-0.25, -0.2) is 14.3 Å². The molecule has 0 saturated carbocycles. The van der Waals surface area contributed by atoms with Gasteiger partial charge in [-0.2, -0.15) is 5.10 Å². The van der Waals surface area contributed by atoms with Gasteiger partial charge in [0.1, 0.15) is 0 Å². The molecule has 0 aliphatic heterocycles. The van der Waals surface area contributed by atoms with Crippen molar-refractivity contribution in [1.82, 2.24) is 14.6 Å². The van der Waals surface area contributed by atoms with E-state index in [0.717, 1.165) is 16.8 Å². The van der Waals surface area contributed by atoms with Gasteiger partial charge in [0.2, 0.25) is 5.82 Å². The molecule has 0 radical (unpaired) electrons. The highest BCUT2D eigenvalue weighted by Crippen LogP contribution is 2.12. The van der Waals surface area contributed by atoms with Crippen LogP contribution < -0.4 is 0 Å². The topological polar surface area (TPSA) is 56.5 Å². The number of rotatable bonds is 2. The number of hydrogen-bond acceptors (Lipinski definition) is 4. The average Bonchev–Trinajstić information content (AvgIpc) is 2.61. The van der Waals surface area contributed by atoms with Gasteiger partial charge in [0.25, 0.3) is 0 Å². The summed E-state index contributed by atoms with van der Waals surface area (Å²) in [5.41, 5.74) is 2.71. The Labute approximate surface area is 93.1 Å². The SMILES string of the molecule is CCOC(=O)c1ncc2c(C)cc(C)nn12. The van der Waals surface area contributed by atoms with Crippen molar-refractivity contribution >= 4 is 11.5 Å². The van der Waals surface area contributed by atoms with Crippen LogP contribution in [0.3, 0.4) is 0 Å². The Hall–Kier alpha value is -1.91. The van der Waals surface area contributed by atoms with Crippen molar-refractivity contribution in [2.24, 2.45) is 0 Å². The summed E-state index contributed by atoms with van der Waals surface area (Å²) in [5.74, 6) is -0.219. The van der Waals surface area contributed by atoms with Crippen molar-refractivity contribution in [2.75, 3.05) is 6.61 Å². The van der Waals surface area contributed by atoms with Crippen molar-refractivity contribution in [3.05, 3.63) is 29.3 Å². The highest BCUT2D eigenvalue weighted by Gasteiger charge is 2.15. The Morgan fingerprint density at radius 1 is 1.50 bits per heavy atom. The first-order valence-electron chi connectivity index (χ1n) is 5.12. The van der Waals surface area contributed by atoms with Gasteiger partial charge in [-0.1, -0.05) is 0 Å². The number of aryl methyl sites for hydroxylation is 2. The highest BCUT2D eigenvalue weighted by molar-refractivity contribution is 5.86. The summed E-state index contributed by atoms with van der Waals surface area (Å²) in [6, 6.07) is 1.95. The van der Waals surface area contributed by atoms with E-state index in [1.165, 1.54) is 4.52 Å². The molecule has 0 aromatic carbocycles. The van der Waals surface area contributed by atoms with Crippen LogP contribution in [0.25, 0.3) is 5.52 Å². The fourth-order valence-corrected chi connectivity index (χ4v) is 1.62. The first kappa shape index (κ1) is 10.6. The average molecular weight is 219 g/mol. The number of aromatic nitrogens is 3. The second-order valence-electron chi connectivity index (χ2n) is 3.57. The normalized spacial score (nSPS) is 10.7. The zero-order valence-corrected chi connectivity index (χ0v) is 9.52. The minimum Gasteiger partial charge on any atom is -0.460 e. The standard InChI is InChI=1S/C11H13N3O2/c1-4-16-11(15)10-12-6-9-7(2)5-8(3)13-14(9)10/h5-6H,4H2,1-3H3. The lowest BCUT2D eigenvalue weighted by atomic mass is 10.2. The van der Waals surface area contributed by atoms with Crippen LogP contribution in [0.1, 0.15) is 28.8 Å². The molecule has 2 aromatic heterocycles. The van der Waals surface area contributed by atoms with E-state index in [0.29, 0.717) is 6.61 Å². The Balaban J connectivity index is 2.60. The molecule has 2 heterocycles. The number of esters is 1. The van der Waals surface area contributed by atoms with Crippen molar-refractivity contribution < 1.29 is 9.53 Å². The molecule has 0 aliphatic rings. The molecule has 0 spiro atoms. The molecular weight excluding hydrogens is 206 g/mol. The van der Waals surface area contributed by atoms with Gasteiger partial charge < -0.3 is 4.74 Å². The highest BCUT2D eigenvalue weighted by atomic mass is 16.5. The van der Waals surface area contributed by atoms with Crippen molar-refractivity contribution in [2.45, 2.75) is 20.8 Å². The maximum Gasteiger partial charge on any atom is 0.376 e. The van der Waals surface area contributed by atoms with Crippen LogP contribution in [0.4, 0.5) is 0 Å². The molecular formula is C11H13N3O2. The van der Waals surface area contributed by atoms with Gasteiger partial charge in [0.15, 0.2) is 0 Å². The minimum absolute atomic E-state index is 0.226. The zero-order chi connectivity index (χ0) is 11.7. The summed E-state index contributed by atoms with van der Waals surface area (Å²) >= 11 is 0. The van der Waals surface area contributed by atoms with Crippen LogP contribution in [0.2, 0.25) is 0 Å². The van der Waals surface area contributed by atoms with E-state index in [1.807, 2.05) is 19.9 Å². The molecule has 0 saturated heterocycles. The van der Waals surface area contributed by atoms with Gasteiger partial charge in [0, 0.05) is 0 Å². The predicted molar refractivity (Wildman–Crippen MR) is 58.4 cm³/mol. The van der Waals surface area contributed by atoms with Crippen LogP contribution >= 0.6 is 0 Å². The number of hydrogen-bond donors (Lipinski definition) is 0. The number of imidazole rings is 1. The first-order chi connectivity index (χ1) is 7.63. The summed E-state index contributed by atoms with van der Waals surface area (Å²) in [5, 5.41) is 4.25. The first-order valence-corrected chi connectivity index (χ1v) is 5.12. The van der Waals surface area contributed by atoms with Crippen LogP contribution in [0.15, 0.2) is 12.3 Å². The Morgan fingerprint density at radius 2 is 2.25 bits per heavy atom. The molecule has 2 rings (SSSR count). The molecule has 0 fully saturated rings. The summed E-state index contributed by atoms with van der Waals surface area (Å²) in [6.07, 6.45) is 1.63. The van der Waals surface area contributed by atoms with Crippen LogP contribution in [0, 0.1) is 13.8 Å². The van der Waals surface area contributed by atoms with Gasteiger partial charge in [-0.3, -0.25) is 0 Å². The van der Waals surface area contributed by atoms with Crippen molar-refractivity contribution in [1.29, 1.82) is 0 Å². The van der Waals surface area contributed by atoms with Crippen molar-refractivity contribution in [3.8, 4) is 0 Å². The van der Waals surface area contributed by atoms with Gasteiger partial charge in [0.05, 0.1) is 24.0 Å². The van der Waals surface area contributed by atoms with Gasteiger partial charge >= 0.3 is 5.97 Å².